The van der Waals surface area contributed by atoms with Crippen LogP contribution in [0, 0.1) is 0 Å². The van der Waals surface area contributed by atoms with Crippen molar-refractivity contribution < 1.29 is 25.8 Å². The van der Waals surface area contributed by atoms with Crippen molar-refractivity contribution in [1.29, 1.82) is 0 Å². The Labute approximate surface area is 123 Å². The van der Waals surface area contributed by atoms with Gasteiger partial charge in [-0.2, -0.15) is 21.6 Å². The van der Waals surface area contributed by atoms with E-state index in [0.29, 0.717) is 6.42 Å². The molecule has 0 saturated heterocycles. The molecule has 3 nitrogen and oxygen atoms in total. The van der Waals surface area contributed by atoms with Crippen LogP contribution in [0.4, 0.5) is 13.2 Å². The molecule has 0 bridgehead atoms. The van der Waals surface area contributed by atoms with Crippen LogP contribution >= 0.6 is 0 Å². The zero-order valence-electron chi connectivity index (χ0n) is 11.8. The Kier molecular flexibility index (Phi) is 6.67. The van der Waals surface area contributed by atoms with Gasteiger partial charge in [0.2, 0.25) is 0 Å². The average Bonchev–Trinajstić information content (AvgIpc) is 2.42. The summed E-state index contributed by atoms with van der Waals surface area (Å²) >= 11 is 0. The summed E-state index contributed by atoms with van der Waals surface area (Å²) in [6, 6.07) is 3.29. The lowest BCUT2D eigenvalue weighted by atomic mass is 10.2. The van der Waals surface area contributed by atoms with Gasteiger partial charge in [0.05, 0.1) is 17.1 Å². The molecule has 0 saturated carbocycles. The maximum Gasteiger partial charge on any atom is 0.416 e. The summed E-state index contributed by atoms with van der Waals surface area (Å²) in [7, 11) is -3.98. The maximum absolute atomic E-state index is 12.4. The van der Waals surface area contributed by atoms with Gasteiger partial charge >= 0.3 is 6.18 Å². The van der Waals surface area contributed by atoms with Crippen LogP contribution in [0.3, 0.4) is 0 Å². The predicted octanol–water partition coefficient (Wildman–Crippen LogP) is 4.38. The van der Waals surface area contributed by atoms with E-state index in [1.165, 1.54) is 0 Å². The van der Waals surface area contributed by atoms with E-state index in [0.717, 1.165) is 49.9 Å². The fourth-order valence-corrected chi connectivity index (χ4v) is 2.70. The fraction of sp³-hybridized carbons (Fsp3) is 0.571. The van der Waals surface area contributed by atoms with Crippen LogP contribution in [-0.2, 0) is 20.5 Å². The third-order valence-corrected chi connectivity index (χ3v) is 4.28. The van der Waals surface area contributed by atoms with Gasteiger partial charge in [0.1, 0.15) is 0 Å². The zero-order chi connectivity index (χ0) is 15.9. The molecule has 0 spiro atoms. The summed E-state index contributed by atoms with van der Waals surface area (Å²) < 4.78 is 65.5. The molecule has 0 aliphatic rings. The van der Waals surface area contributed by atoms with Crippen LogP contribution in [-0.4, -0.2) is 15.0 Å². The van der Waals surface area contributed by atoms with E-state index in [-0.39, 0.29) is 11.5 Å². The number of hydrogen-bond donors (Lipinski definition) is 0. The Morgan fingerprint density at radius 1 is 1.00 bits per heavy atom. The molecule has 21 heavy (non-hydrogen) atoms. The normalized spacial score (nSPS) is 12.6. The Balaban J connectivity index is 2.54. The van der Waals surface area contributed by atoms with Crippen LogP contribution in [0.2, 0.25) is 0 Å². The zero-order valence-corrected chi connectivity index (χ0v) is 12.6. The van der Waals surface area contributed by atoms with E-state index in [4.69, 9.17) is 4.18 Å². The third-order valence-electron chi connectivity index (χ3n) is 2.96. The van der Waals surface area contributed by atoms with E-state index in [1.54, 1.807) is 0 Å². The largest absolute Gasteiger partial charge is 0.416 e. The monoisotopic (exact) mass is 324 g/mol. The molecule has 0 radical (unpaired) electrons. The van der Waals surface area contributed by atoms with E-state index < -0.39 is 21.9 Å². The SMILES string of the molecule is CCCCCCCOS(=O)(=O)c1ccc(C(F)(F)F)cc1. The molecular weight excluding hydrogens is 305 g/mol. The van der Waals surface area contributed by atoms with Crippen molar-refractivity contribution in [2.45, 2.75) is 50.1 Å². The van der Waals surface area contributed by atoms with Gasteiger partial charge in [-0.25, -0.2) is 0 Å². The summed E-state index contributed by atoms with van der Waals surface area (Å²) in [6.07, 6.45) is 0.190. The summed E-state index contributed by atoms with van der Waals surface area (Å²) in [5, 5.41) is 0. The Morgan fingerprint density at radius 3 is 2.10 bits per heavy atom. The second kappa shape index (κ2) is 7.79. The van der Waals surface area contributed by atoms with E-state index >= 15 is 0 Å². The highest BCUT2D eigenvalue weighted by Crippen LogP contribution is 2.29. The predicted molar refractivity (Wildman–Crippen MR) is 73.3 cm³/mol. The van der Waals surface area contributed by atoms with Crippen LogP contribution < -0.4 is 0 Å². The lowest BCUT2D eigenvalue weighted by molar-refractivity contribution is -0.137. The number of alkyl halides is 3. The van der Waals surface area contributed by atoms with Gasteiger partial charge in [0.15, 0.2) is 0 Å². The van der Waals surface area contributed by atoms with Crippen molar-refractivity contribution in [3.63, 3.8) is 0 Å². The Hall–Kier alpha value is -1.08. The standard InChI is InChI=1S/C14H19F3O3S/c1-2-3-4-5-6-11-20-21(18,19)13-9-7-12(8-10-13)14(15,16)17/h7-10H,2-6,11H2,1H3. The first-order valence-corrected chi connectivity index (χ1v) is 8.25. The highest BCUT2D eigenvalue weighted by atomic mass is 32.2. The van der Waals surface area contributed by atoms with Crippen molar-refractivity contribution in [3.05, 3.63) is 29.8 Å². The van der Waals surface area contributed by atoms with E-state index in [1.807, 2.05) is 0 Å². The topological polar surface area (TPSA) is 43.4 Å². The lowest BCUT2D eigenvalue weighted by Gasteiger charge is -2.08. The van der Waals surface area contributed by atoms with Crippen LogP contribution in [0.5, 0.6) is 0 Å². The number of halogens is 3. The van der Waals surface area contributed by atoms with Gasteiger partial charge in [-0.1, -0.05) is 32.6 Å². The van der Waals surface area contributed by atoms with Crippen LogP contribution in [0.15, 0.2) is 29.2 Å². The highest BCUT2D eigenvalue weighted by molar-refractivity contribution is 7.86. The van der Waals surface area contributed by atoms with E-state index in [9.17, 15) is 21.6 Å². The molecule has 0 heterocycles. The van der Waals surface area contributed by atoms with Gasteiger partial charge in [-0.3, -0.25) is 4.18 Å². The van der Waals surface area contributed by atoms with Gasteiger partial charge in [-0.15, -0.1) is 0 Å². The summed E-state index contributed by atoms with van der Waals surface area (Å²) in [5.74, 6) is 0. The number of rotatable bonds is 8. The first-order chi connectivity index (χ1) is 9.77. The smallest absolute Gasteiger partial charge is 0.266 e. The summed E-state index contributed by atoms with van der Waals surface area (Å²) in [6.45, 7) is 2.12. The minimum Gasteiger partial charge on any atom is -0.266 e. The second-order valence-electron chi connectivity index (χ2n) is 4.71. The number of benzene rings is 1. The Bertz CT molecular complexity index is 521. The van der Waals surface area contributed by atoms with E-state index in [2.05, 4.69) is 6.92 Å². The molecule has 0 atom stereocenters. The molecule has 0 aliphatic carbocycles. The maximum atomic E-state index is 12.4. The third kappa shape index (κ3) is 6.05. The Morgan fingerprint density at radius 2 is 1.57 bits per heavy atom. The molecule has 0 aromatic heterocycles. The average molecular weight is 324 g/mol. The molecule has 1 rings (SSSR count). The summed E-state index contributed by atoms with van der Waals surface area (Å²) in [4.78, 5) is -0.260. The molecule has 0 aliphatic heterocycles. The van der Waals surface area contributed by atoms with Crippen molar-refractivity contribution in [1.82, 2.24) is 0 Å². The molecule has 0 amide bonds. The van der Waals surface area contributed by atoms with Crippen molar-refractivity contribution in [3.8, 4) is 0 Å². The van der Waals surface area contributed by atoms with Crippen molar-refractivity contribution >= 4 is 10.1 Å². The molecule has 120 valence electrons. The molecule has 0 fully saturated rings. The van der Waals surface area contributed by atoms with Crippen molar-refractivity contribution in [2.24, 2.45) is 0 Å². The van der Waals surface area contributed by atoms with Crippen molar-refractivity contribution in [2.75, 3.05) is 6.61 Å². The second-order valence-corrected chi connectivity index (χ2v) is 6.33. The minimum absolute atomic E-state index is 0.0487. The summed E-state index contributed by atoms with van der Waals surface area (Å²) in [5.41, 5.74) is -0.888. The van der Waals surface area contributed by atoms with Crippen LogP contribution in [0.25, 0.3) is 0 Å². The van der Waals surface area contributed by atoms with Gasteiger partial charge in [0, 0.05) is 0 Å². The molecule has 7 heteroatoms. The minimum atomic E-state index is -4.48. The molecule has 1 aromatic carbocycles. The van der Waals surface area contributed by atoms with Gasteiger partial charge in [0.25, 0.3) is 10.1 Å². The van der Waals surface area contributed by atoms with Gasteiger partial charge < -0.3 is 0 Å². The quantitative estimate of drug-likeness (QED) is 0.526. The molecule has 1 aromatic rings. The lowest BCUT2D eigenvalue weighted by Crippen LogP contribution is -2.09. The van der Waals surface area contributed by atoms with Gasteiger partial charge in [-0.05, 0) is 30.7 Å². The number of hydrogen-bond acceptors (Lipinski definition) is 3. The molecular formula is C14H19F3O3S. The molecule has 0 unspecified atom stereocenters. The molecule has 0 N–H and O–H groups in total. The first-order valence-electron chi connectivity index (χ1n) is 6.84. The number of unbranched alkanes of at least 4 members (excludes halogenated alkanes) is 4. The van der Waals surface area contributed by atoms with Crippen LogP contribution in [0.1, 0.15) is 44.6 Å². The first kappa shape index (κ1) is 18.0. The fourth-order valence-electron chi connectivity index (χ4n) is 1.75. The highest BCUT2D eigenvalue weighted by Gasteiger charge is 2.30.